The smallest absolute Gasteiger partial charge is 0.308 e. The van der Waals surface area contributed by atoms with Crippen LogP contribution >= 0.6 is 0 Å². The molecule has 0 radical (unpaired) electrons. The van der Waals surface area contributed by atoms with E-state index in [0.717, 1.165) is 17.7 Å². The van der Waals surface area contributed by atoms with Crippen LogP contribution in [-0.2, 0) is 11.4 Å². The van der Waals surface area contributed by atoms with Gasteiger partial charge in [-0.15, -0.1) is 0 Å². The Morgan fingerprint density at radius 2 is 1.46 bits per heavy atom. The van der Waals surface area contributed by atoms with Gasteiger partial charge in [0.15, 0.2) is 0 Å². The molecule has 0 saturated heterocycles. The molecule has 6 nitrogen and oxygen atoms in total. The lowest BCUT2D eigenvalue weighted by atomic mass is 9.95. The molecule has 2 unspecified atom stereocenters. The molecule has 196 valence electrons. The largest absolute Gasteiger partial charge is 0.489 e. The van der Waals surface area contributed by atoms with E-state index in [4.69, 9.17) is 14.6 Å². The van der Waals surface area contributed by atoms with Gasteiger partial charge in [0.2, 0.25) is 0 Å². The van der Waals surface area contributed by atoms with Gasteiger partial charge in [-0.2, -0.15) is 0 Å². The Hall–Kier alpha value is -3.80. The topological polar surface area (TPSA) is 84.9 Å². The fraction of sp³-hybridized carbons (Fsp3) is 0.355. The van der Waals surface area contributed by atoms with E-state index >= 15 is 0 Å². The molecule has 0 aliphatic heterocycles. The average molecular weight is 504 g/mol. The highest BCUT2D eigenvalue weighted by molar-refractivity contribution is 5.94. The minimum atomic E-state index is -0.944. The number of carbonyl (C=O) groups excluding carboxylic acids is 1. The second-order valence-corrected chi connectivity index (χ2v) is 9.59. The van der Waals surface area contributed by atoms with Crippen molar-refractivity contribution in [3.63, 3.8) is 0 Å². The maximum absolute atomic E-state index is 12.3. The van der Waals surface area contributed by atoms with E-state index in [1.54, 1.807) is 31.2 Å². The summed E-state index contributed by atoms with van der Waals surface area (Å²) >= 11 is 0. The first-order valence-corrected chi connectivity index (χ1v) is 12.7. The van der Waals surface area contributed by atoms with Crippen molar-refractivity contribution in [2.45, 2.75) is 60.7 Å². The van der Waals surface area contributed by atoms with Crippen LogP contribution in [0.3, 0.4) is 0 Å². The van der Waals surface area contributed by atoms with Crippen LogP contribution < -0.4 is 14.8 Å². The second-order valence-electron chi connectivity index (χ2n) is 9.59. The molecule has 1 amide bonds. The summed E-state index contributed by atoms with van der Waals surface area (Å²) in [5, 5.41) is 11.6. The van der Waals surface area contributed by atoms with E-state index in [2.05, 4.69) is 46.0 Å². The van der Waals surface area contributed by atoms with E-state index in [-0.39, 0.29) is 18.6 Å². The fourth-order valence-electron chi connectivity index (χ4n) is 4.12. The van der Waals surface area contributed by atoms with Gasteiger partial charge in [-0.1, -0.05) is 32.0 Å². The lowest BCUT2D eigenvalue weighted by Crippen LogP contribution is -2.31. The van der Waals surface area contributed by atoms with Crippen LogP contribution in [0.4, 0.5) is 0 Å². The first-order chi connectivity index (χ1) is 17.6. The number of hydrogen-bond donors (Lipinski definition) is 2. The monoisotopic (exact) mass is 503 g/mol. The Labute approximate surface area is 219 Å². The zero-order chi connectivity index (χ0) is 27.1. The number of amides is 1. The quantitative estimate of drug-likeness (QED) is 0.313. The fourth-order valence-corrected chi connectivity index (χ4v) is 4.12. The molecule has 37 heavy (non-hydrogen) atoms. The lowest BCUT2D eigenvalue weighted by Gasteiger charge is -2.19. The zero-order valence-electron chi connectivity index (χ0n) is 22.6. The van der Waals surface area contributed by atoms with Crippen LogP contribution in [0.1, 0.15) is 70.1 Å². The van der Waals surface area contributed by atoms with Crippen LogP contribution in [0.15, 0.2) is 54.6 Å². The van der Waals surface area contributed by atoms with Gasteiger partial charge in [0, 0.05) is 12.1 Å². The molecular weight excluding hydrogens is 466 g/mol. The third kappa shape index (κ3) is 7.13. The number of aliphatic carboxylic acids is 1. The minimum absolute atomic E-state index is 0.0773. The number of aryl methyl sites for hydroxylation is 2. The summed E-state index contributed by atoms with van der Waals surface area (Å²) in [6.45, 7) is 12.8. The van der Waals surface area contributed by atoms with Gasteiger partial charge < -0.3 is 19.9 Å². The van der Waals surface area contributed by atoms with E-state index in [1.165, 1.54) is 27.8 Å². The van der Waals surface area contributed by atoms with Gasteiger partial charge in [-0.25, -0.2) is 0 Å². The second kappa shape index (κ2) is 12.4. The SMILES string of the molecule is CCC(Oc1ccc(C(=O)NCC(C)C(=O)O)cc1)c1ccc(OCc2c(C)c(C)cc(C)c2C)cc1. The molecule has 0 aromatic heterocycles. The van der Waals surface area contributed by atoms with Crippen LogP contribution in [0.5, 0.6) is 11.5 Å². The Morgan fingerprint density at radius 1 is 0.892 bits per heavy atom. The highest BCUT2D eigenvalue weighted by atomic mass is 16.5. The van der Waals surface area contributed by atoms with Crippen LogP contribution in [0, 0.1) is 33.6 Å². The molecule has 0 fully saturated rings. The highest BCUT2D eigenvalue weighted by Gasteiger charge is 2.15. The molecule has 0 saturated carbocycles. The summed E-state index contributed by atoms with van der Waals surface area (Å²) in [6, 6.07) is 17.1. The molecule has 0 aliphatic carbocycles. The molecule has 0 spiro atoms. The van der Waals surface area contributed by atoms with Crippen molar-refractivity contribution >= 4 is 11.9 Å². The summed E-state index contributed by atoms with van der Waals surface area (Å²) in [5.41, 5.74) is 7.84. The highest BCUT2D eigenvalue weighted by Crippen LogP contribution is 2.28. The van der Waals surface area contributed by atoms with Crippen LogP contribution in [0.25, 0.3) is 0 Å². The van der Waals surface area contributed by atoms with Gasteiger partial charge in [-0.3, -0.25) is 9.59 Å². The molecule has 0 aliphatic rings. The third-order valence-corrected chi connectivity index (χ3v) is 6.91. The van der Waals surface area contributed by atoms with Crippen molar-refractivity contribution in [1.29, 1.82) is 0 Å². The summed E-state index contributed by atoms with van der Waals surface area (Å²) in [7, 11) is 0. The first-order valence-electron chi connectivity index (χ1n) is 12.7. The number of rotatable bonds is 11. The predicted octanol–water partition coefficient (Wildman–Crippen LogP) is 6.48. The zero-order valence-corrected chi connectivity index (χ0v) is 22.6. The maximum atomic E-state index is 12.3. The van der Waals surface area contributed by atoms with Crippen molar-refractivity contribution < 1.29 is 24.2 Å². The van der Waals surface area contributed by atoms with Crippen molar-refractivity contribution in [2.75, 3.05) is 6.54 Å². The van der Waals surface area contributed by atoms with E-state index in [1.807, 2.05) is 24.3 Å². The Morgan fingerprint density at radius 3 is 2.00 bits per heavy atom. The van der Waals surface area contributed by atoms with Crippen molar-refractivity contribution in [1.82, 2.24) is 5.32 Å². The molecule has 3 aromatic carbocycles. The summed E-state index contributed by atoms with van der Waals surface area (Å²) < 4.78 is 12.3. The predicted molar refractivity (Wildman–Crippen MR) is 145 cm³/mol. The summed E-state index contributed by atoms with van der Waals surface area (Å²) in [4.78, 5) is 23.2. The number of carboxylic acids is 1. The van der Waals surface area contributed by atoms with Crippen molar-refractivity contribution in [2.24, 2.45) is 5.92 Å². The van der Waals surface area contributed by atoms with E-state index in [0.29, 0.717) is 17.9 Å². The third-order valence-electron chi connectivity index (χ3n) is 6.91. The van der Waals surface area contributed by atoms with Crippen molar-refractivity contribution in [3.8, 4) is 11.5 Å². The Kier molecular flexibility index (Phi) is 9.34. The average Bonchev–Trinajstić information content (AvgIpc) is 2.89. The standard InChI is InChI=1S/C31H37NO5/c1-7-29(37-27-14-10-25(11-15-27)30(33)32-17-21(4)31(34)35)24-8-12-26(13-9-24)36-18-28-22(5)19(2)16-20(3)23(28)6/h8-16,21,29H,7,17-18H2,1-6H3,(H,32,33)(H,34,35). The first kappa shape index (κ1) is 27.8. The molecular formula is C31H37NO5. The molecule has 3 rings (SSSR count). The van der Waals surface area contributed by atoms with E-state index < -0.39 is 11.9 Å². The van der Waals surface area contributed by atoms with Gasteiger partial charge in [0.25, 0.3) is 5.91 Å². The number of ether oxygens (including phenoxy) is 2. The molecule has 6 heteroatoms. The Balaban J connectivity index is 1.60. The van der Waals surface area contributed by atoms with Crippen LogP contribution in [-0.4, -0.2) is 23.5 Å². The maximum Gasteiger partial charge on any atom is 0.308 e. The van der Waals surface area contributed by atoms with Gasteiger partial charge >= 0.3 is 5.97 Å². The summed E-state index contributed by atoms with van der Waals surface area (Å²) in [6.07, 6.45) is 0.630. The normalized spacial score (nSPS) is 12.5. The minimum Gasteiger partial charge on any atom is -0.489 e. The van der Waals surface area contributed by atoms with Gasteiger partial charge in [0.1, 0.15) is 24.2 Å². The Bertz CT molecular complexity index is 1210. The molecule has 0 heterocycles. The molecule has 2 N–H and O–H groups in total. The molecule has 3 aromatic rings. The van der Waals surface area contributed by atoms with Crippen molar-refractivity contribution in [3.05, 3.63) is 93.5 Å². The lowest BCUT2D eigenvalue weighted by molar-refractivity contribution is -0.140. The number of carbonyl (C=O) groups is 2. The van der Waals surface area contributed by atoms with Gasteiger partial charge in [0.05, 0.1) is 5.92 Å². The molecule has 0 bridgehead atoms. The van der Waals surface area contributed by atoms with E-state index in [9.17, 15) is 9.59 Å². The summed E-state index contributed by atoms with van der Waals surface area (Å²) in [5.74, 6) is -0.435. The van der Waals surface area contributed by atoms with Crippen LogP contribution in [0.2, 0.25) is 0 Å². The number of nitrogens with one attached hydrogen (secondary N) is 1. The van der Waals surface area contributed by atoms with Gasteiger partial charge in [-0.05, 0) is 104 Å². The number of benzene rings is 3. The molecule has 2 atom stereocenters. The number of hydrogen-bond acceptors (Lipinski definition) is 4. The number of carboxylic acid groups (broad SMARTS) is 1.